The van der Waals surface area contributed by atoms with Gasteiger partial charge in [0.15, 0.2) is 0 Å². The van der Waals surface area contributed by atoms with Crippen molar-refractivity contribution in [2.24, 2.45) is 0 Å². The number of hydrogen-bond donors (Lipinski definition) is 0. The van der Waals surface area contributed by atoms with Gasteiger partial charge in [0.1, 0.15) is 4.32 Å². The quantitative estimate of drug-likeness (QED) is 0.540. The third-order valence-electron chi connectivity index (χ3n) is 5.06. The Bertz CT molecular complexity index is 865. The summed E-state index contributed by atoms with van der Waals surface area (Å²) in [5.41, 5.74) is 4.73. The molecule has 1 aromatic rings. The fraction of sp³-hybridized carbons (Fsp3) is 0.333. The molecule has 2 heterocycles. The van der Waals surface area contributed by atoms with Gasteiger partial charge >= 0.3 is 0 Å². The lowest BCUT2D eigenvalue weighted by molar-refractivity contribution is -0.122. The highest BCUT2D eigenvalue weighted by molar-refractivity contribution is 8.26. The molecule has 3 rings (SSSR count). The van der Waals surface area contributed by atoms with Crippen molar-refractivity contribution in [2.75, 3.05) is 18.5 Å². The van der Waals surface area contributed by atoms with Crippen LogP contribution in [0.3, 0.4) is 0 Å². The second-order valence-electron chi connectivity index (χ2n) is 7.04. The van der Waals surface area contributed by atoms with Gasteiger partial charge in [0.05, 0.1) is 4.91 Å². The number of fused-ring (bicyclic) bond motifs is 1. The topological polar surface area (TPSA) is 23.6 Å². The van der Waals surface area contributed by atoms with Gasteiger partial charge < -0.3 is 4.90 Å². The average Bonchev–Trinajstić information content (AvgIpc) is 3.00. The first-order valence-corrected chi connectivity index (χ1v) is 9.98. The number of para-hydroxylation sites is 1. The molecule has 1 fully saturated rings. The Kier molecular flexibility index (Phi) is 5.13. The Labute approximate surface area is 165 Å². The van der Waals surface area contributed by atoms with Crippen molar-refractivity contribution in [1.29, 1.82) is 0 Å². The number of carbonyl (C=O) groups excluding carboxylic acids is 1. The molecule has 1 aromatic carbocycles. The van der Waals surface area contributed by atoms with Crippen molar-refractivity contribution < 1.29 is 4.79 Å². The third kappa shape index (κ3) is 3.03. The molecule has 26 heavy (non-hydrogen) atoms. The fourth-order valence-electron chi connectivity index (χ4n) is 3.57. The second-order valence-corrected chi connectivity index (χ2v) is 8.69. The normalized spacial score (nSPS) is 22.7. The summed E-state index contributed by atoms with van der Waals surface area (Å²) in [5, 5.41) is 0. The summed E-state index contributed by atoms with van der Waals surface area (Å²) < 4.78 is 0.644. The Morgan fingerprint density at radius 2 is 2.00 bits per heavy atom. The molecule has 5 heteroatoms. The van der Waals surface area contributed by atoms with E-state index in [0.717, 1.165) is 10.5 Å². The van der Waals surface area contributed by atoms with Gasteiger partial charge in [-0.25, -0.2) is 0 Å². The van der Waals surface area contributed by atoms with E-state index in [1.165, 1.54) is 28.7 Å². The van der Waals surface area contributed by atoms with E-state index < -0.39 is 0 Å². The van der Waals surface area contributed by atoms with Crippen molar-refractivity contribution in [3.63, 3.8) is 0 Å². The molecule has 1 saturated heterocycles. The smallest absolute Gasteiger partial charge is 0.266 e. The maximum absolute atomic E-state index is 12.4. The molecule has 3 nitrogen and oxygen atoms in total. The van der Waals surface area contributed by atoms with E-state index >= 15 is 0 Å². The van der Waals surface area contributed by atoms with Crippen LogP contribution in [0.2, 0.25) is 0 Å². The lowest BCUT2D eigenvalue weighted by atomic mass is 9.84. The summed E-state index contributed by atoms with van der Waals surface area (Å²) in [4.78, 5) is 17.0. The van der Waals surface area contributed by atoms with Gasteiger partial charge in [-0.15, -0.1) is 0 Å². The van der Waals surface area contributed by atoms with Crippen LogP contribution in [-0.4, -0.2) is 28.7 Å². The molecule has 2 aliphatic rings. The predicted molar refractivity (Wildman–Crippen MR) is 115 cm³/mol. The van der Waals surface area contributed by atoms with Gasteiger partial charge in [0, 0.05) is 30.4 Å². The first kappa shape index (κ1) is 18.9. The summed E-state index contributed by atoms with van der Waals surface area (Å²) >= 11 is 6.68. The molecule has 0 radical (unpaired) electrons. The molecule has 0 aromatic heterocycles. The van der Waals surface area contributed by atoms with Crippen molar-refractivity contribution in [2.45, 2.75) is 33.1 Å². The summed E-state index contributed by atoms with van der Waals surface area (Å²) in [5.74, 6) is 0.0167. The van der Waals surface area contributed by atoms with Gasteiger partial charge in [-0.05, 0) is 37.1 Å². The number of rotatable bonds is 3. The minimum atomic E-state index is -0.0464. The van der Waals surface area contributed by atoms with Gasteiger partial charge in [-0.3, -0.25) is 9.69 Å². The van der Waals surface area contributed by atoms with Gasteiger partial charge in [0.25, 0.3) is 5.91 Å². The van der Waals surface area contributed by atoms with Gasteiger partial charge in [-0.2, -0.15) is 0 Å². The molecule has 0 atom stereocenters. The number of benzene rings is 1. The molecular formula is C21H24N2OS2. The number of amides is 1. The van der Waals surface area contributed by atoms with Gasteiger partial charge in [0.2, 0.25) is 0 Å². The van der Waals surface area contributed by atoms with Crippen LogP contribution in [0.1, 0.15) is 33.3 Å². The van der Waals surface area contributed by atoms with Crippen LogP contribution in [0.5, 0.6) is 0 Å². The lowest BCUT2D eigenvalue weighted by Crippen LogP contribution is -2.27. The molecule has 0 spiro atoms. The van der Waals surface area contributed by atoms with Crippen molar-refractivity contribution >= 4 is 39.9 Å². The van der Waals surface area contributed by atoms with E-state index in [2.05, 4.69) is 56.1 Å². The molecule has 0 saturated carbocycles. The molecule has 1 amide bonds. The van der Waals surface area contributed by atoms with Crippen LogP contribution in [-0.2, 0) is 10.2 Å². The first-order chi connectivity index (χ1) is 12.3. The zero-order valence-corrected chi connectivity index (χ0v) is 17.5. The molecular weight excluding hydrogens is 360 g/mol. The van der Waals surface area contributed by atoms with Crippen molar-refractivity contribution in [1.82, 2.24) is 4.90 Å². The van der Waals surface area contributed by atoms with Crippen LogP contribution < -0.4 is 4.90 Å². The minimum absolute atomic E-state index is 0.0167. The lowest BCUT2D eigenvalue weighted by Gasteiger charge is -2.23. The molecule has 0 aliphatic carbocycles. The summed E-state index contributed by atoms with van der Waals surface area (Å²) in [6.07, 6.45) is 6.18. The number of nitrogens with zero attached hydrogens (tertiary/aromatic N) is 2. The van der Waals surface area contributed by atoms with Crippen LogP contribution >= 0.6 is 24.0 Å². The van der Waals surface area contributed by atoms with E-state index in [-0.39, 0.29) is 11.3 Å². The first-order valence-electron chi connectivity index (χ1n) is 8.75. The van der Waals surface area contributed by atoms with Gasteiger partial charge in [-0.1, -0.05) is 68.2 Å². The molecule has 0 N–H and O–H groups in total. The van der Waals surface area contributed by atoms with E-state index in [4.69, 9.17) is 12.2 Å². The highest BCUT2D eigenvalue weighted by atomic mass is 32.2. The Morgan fingerprint density at radius 1 is 1.31 bits per heavy atom. The zero-order valence-electron chi connectivity index (χ0n) is 15.9. The average molecular weight is 385 g/mol. The highest BCUT2D eigenvalue weighted by Crippen LogP contribution is 2.46. The number of carbonyl (C=O) groups is 1. The Balaban J connectivity index is 1.88. The van der Waals surface area contributed by atoms with Crippen LogP contribution in [0, 0.1) is 0 Å². The molecule has 0 bridgehead atoms. The minimum Gasteiger partial charge on any atom is -0.347 e. The zero-order chi connectivity index (χ0) is 19.1. The number of thiocarbonyl (C=S) groups is 1. The number of anilines is 1. The van der Waals surface area contributed by atoms with Crippen molar-refractivity contribution in [3.05, 3.63) is 64.2 Å². The van der Waals surface area contributed by atoms with E-state index in [9.17, 15) is 4.79 Å². The second kappa shape index (κ2) is 7.05. The maximum atomic E-state index is 12.4. The van der Waals surface area contributed by atoms with Crippen LogP contribution in [0.25, 0.3) is 0 Å². The predicted octanol–water partition coefficient (Wildman–Crippen LogP) is 5.01. The van der Waals surface area contributed by atoms with Crippen molar-refractivity contribution in [3.8, 4) is 0 Å². The fourth-order valence-corrected chi connectivity index (χ4v) is 4.96. The summed E-state index contributed by atoms with van der Waals surface area (Å²) in [6, 6.07) is 8.51. The highest BCUT2D eigenvalue weighted by Gasteiger charge is 2.37. The van der Waals surface area contributed by atoms with E-state index in [0.29, 0.717) is 10.9 Å². The SMILES string of the molecule is CCN1C(=O)/C(=C(C)/C=C/C=C2/N(C)c3ccccc3C2(C)C)SC1=S. The molecule has 2 aliphatic heterocycles. The number of thioether (sulfide) groups is 1. The number of allylic oxidation sites excluding steroid dienone is 5. The summed E-state index contributed by atoms with van der Waals surface area (Å²) in [6.45, 7) is 9.02. The van der Waals surface area contributed by atoms with Crippen LogP contribution in [0.15, 0.2) is 58.7 Å². The maximum Gasteiger partial charge on any atom is 0.266 e. The molecule has 0 unspecified atom stereocenters. The summed E-state index contributed by atoms with van der Waals surface area (Å²) in [7, 11) is 2.10. The Morgan fingerprint density at radius 3 is 2.62 bits per heavy atom. The number of likely N-dealkylation sites (N-methyl/N-ethyl adjacent to an activating group) is 2. The third-order valence-corrected chi connectivity index (χ3v) is 6.63. The Hall–Kier alpha value is -1.85. The molecule has 136 valence electrons. The standard InChI is InChI=1S/C21H24N2OS2/c1-6-23-19(24)18(26-20(23)25)14(2)10-9-13-17-21(3,4)15-11-7-8-12-16(15)22(17)5/h7-13H,6H2,1-5H3/b10-9+,17-13+,18-14-. The number of hydrogen-bond acceptors (Lipinski definition) is 4. The van der Waals surface area contributed by atoms with E-state index in [1.807, 2.05) is 26.0 Å². The largest absolute Gasteiger partial charge is 0.347 e. The van der Waals surface area contributed by atoms with Crippen LogP contribution in [0.4, 0.5) is 5.69 Å². The van der Waals surface area contributed by atoms with E-state index in [1.54, 1.807) is 4.90 Å². The monoisotopic (exact) mass is 384 g/mol.